The fraction of sp³-hybridized carbons (Fsp3) is 0.917. The van der Waals surface area contributed by atoms with E-state index in [1.54, 1.807) is 0 Å². The van der Waals surface area contributed by atoms with E-state index in [4.69, 9.17) is 0 Å². The van der Waals surface area contributed by atoms with Crippen LogP contribution in [0, 0.1) is 22.7 Å². The molecule has 3 aliphatic rings. The zero-order chi connectivity index (χ0) is 20.2. The van der Waals surface area contributed by atoms with Crippen LogP contribution in [0.1, 0.15) is 104 Å². The predicted octanol–water partition coefficient (Wildman–Crippen LogP) is 4.96. The zero-order valence-corrected chi connectivity index (χ0v) is 18.4. The van der Waals surface area contributed by atoms with E-state index in [0.717, 1.165) is 51.5 Å². The van der Waals surface area contributed by atoms with Crippen LogP contribution in [0.3, 0.4) is 0 Å². The Hall–Kier alpha value is -1.06. The average molecular weight is 391 g/mol. The minimum atomic E-state index is 0.0522. The Morgan fingerprint density at radius 1 is 0.786 bits per heavy atom. The Morgan fingerprint density at radius 3 is 1.89 bits per heavy atom. The fourth-order valence-electron chi connectivity index (χ4n) is 6.36. The maximum atomic E-state index is 12.8. The van der Waals surface area contributed by atoms with E-state index in [1.807, 2.05) is 0 Å². The van der Waals surface area contributed by atoms with Crippen LogP contribution < -0.4 is 10.6 Å². The molecule has 4 heteroatoms. The number of amides is 2. The van der Waals surface area contributed by atoms with Gasteiger partial charge in [-0.05, 0) is 55.8 Å². The summed E-state index contributed by atoms with van der Waals surface area (Å²) in [4.78, 5) is 25.4. The number of hydrogen-bond donors (Lipinski definition) is 2. The Balaban J connectivity index is 1.55. The lowest BCUT2D eigenvalue weighted by molar-refractivity contribution is -0.129. The molecule has 2 atom stereocenters. The van der Waals surface area contributed by atoms with Crippen molar-refractivity contribution in [3.63, 3.8) is 0 Å². The molecule has 28 heavy (non-hydrogen) atoms. The third-order valence-corrected chi connectivity index (χ3v) is 7.43. The van der Waals surface area contributed by atoms with Crippen molar-refractivity contribution in [1.82, 2.24) is 10.6 Å². The lowest BCUT2D eigenvalue weighted by atomic mass is 9.62. The summed E-state index contributed by atoms with van der Waals surface area (Å²) < 4.78 is 0. The largest absolute Gasteiger partial charge is 0.355 e. The molecule has 3 saturated carbocycles. The molecule has 0 aliphatic heterocycles. The van der Waals surface area contributed by atoms with Crippen molar-refractivity contribution in [3.8, 4) is 0 Å². The second kappa shape index (κ2) is 9.17. The molecule has 0 aromatic carbocycles. The molecule has 0 aromatic heterocycles. The molecule has 0 spiro atoms. The van der Waals surface area contributed by atoms with Gasteiger partial charge in [0, 0.05) is 24.4 Å². The highest BCUT2D eigenvalue weighted by Crippen LogP contribution is 2.46. The molecule has 0 radical (unpaired) electrons. The lowest BCUT2D eigenvalue weighted by Gasteiger charge is -2.47. The molecule has 0 bridgehead atoms. The van der Waals surface area contributed by atoms with Crippen LogP contribution in [0.2, 0.25) is 0 Å². The second-order valence-corrected chi connectivity index (χ2v) is 11.2. The Morgan fingerprint density at radius 2 is 1.32 bits per heavy atom. The normalized spacial score (nSPS) is 31.9. The number of carbonyl (C=O) groups is 2. The van der Waals surface area contributed by atoms with Gasteiger partial charge >= 0.3 is 0 Å². The minimum Gasteiger partial charge on any atom is -0.355 e. The smallest absolute Gasteiger partial charge is 0.223 e. The van der Waals surface area contributed by atoms with Crippen molar-refractivity contribution >= 4 is 11.8 Å². The van der Waals surface area contributed by atoms with E-state index >= 15 is 0 Å². The first kappa shape index (κ1) is 21.6. The average Bonchev–Trinajstić information content (AvgIpc) is 2.66. The molecule has 160 valence electrons. The van der Waals surface area contributed by atoms with E-state index in [2.05, 4.69) is 31.4 Å². The molecule has 2 amide bonds. The molecular weight excluding hydrogens is 348 g/mol. The summed E-state index contributed by atoms with van der Waals surface area (Å²) in [5.74, 6) is 0.967. The van der Waals surface area contributed by atoms with Crippen LogP contribution in [0.4, 0.5) is 0 Å². The van der Waals surface area contributed by atoms with Gasteiger partial charge in [0.1, 0.15) is 0 Å². The third kappa shape index (κ3) is 5.97. The van der Waals surface area contributed by atoms with Crippen LogP contribution in [0.5, 0.6) is 0 Å². The van der Waals surface area contributed by atoms with E-state index in [-0.39, 0.29) is 40.5 Å². The third-order valence-electron chi connectivity index (χ3n) is 7.43. The van der Waals surface area contributed by atoms with Crippen LogP contribution in [-0.4, -0.2) is 24.4 Å². The summed E-state index contributed by atoms with van der Waals surface area (Å²) in [6.07, 6.45) is 14.6. The maximum absolute atomic E-state index is 12.8. The van der Waals surface area contributed by atoms with Gasteiger partial charge in [-0.3, -0.25) is 9.59 Å². The molecular formula is C24H42N2O2. The quantitative estimate of drug-likeness (QED) is 0.697. The van der Waals surface area contributed by atoms with Crippen molar-refractivity contribution < 1.29 is 9.59 Å². The molecule has 3 fully saturated rings. The fourth-order valence-corrected chi connectivity index (χ4v) is 6.36. The zero-order valence-electron chi connectivity index (χ0n) is 18.4. The van der Waals surface area contributed by atoms with Crippen LogP contribution in [0.15, 0.2) is 0 Å². The Kier molecular flexibility index (Phi) is 7.09. The summed E-state index contributed by atoms with van der Waals surface area (Å²) in [6.45, 7) is 7.66. The van der Waals surface area contributed by atoms with Crippen molar-refractivity contribution in [1.29, 1.82) is 0 Å². The first-order chi connectivity index (χ1) is 13.3. The minimum absolute atomic E-state index is 0.0522. The van der Waals surface area contributed by atoms with Gasteiger partial charge in [-0.25, -0.2) is 0 Å². The Bertz CT molecular complexity index is 547. The number of rotatable bonds is 5. The highest BCUT2D eigenvalue weighted by molar-refractivity contribution is 5.79. The van der Waals surface area contributed by atoms with Crippen LogP contribution >= 0.6 is 0 Å². The van der Waals surface area contributed by atoms with Crippen molar-refractivity contribution in [2.75, 3.05) is 6.54 Å². The van der Waals surface area contributed by atoms with Gasteiger partial charge in [-0.15, -0.1) is 0 Å². The number of nitrogens with one attached hydrogen (secondary N) is 2. The summed E-state index contributed by atoms with van der Waals surface area (Å²) in [6, 6.07) is 0.231. The van der Waals surface area contributed by atoms with Gasteiger partial charge in [-0.1, -0.05) is 59.3 Å². The molecule has 0 aromatic rings. The maximum Gasteiger partial charge on any atom is 0.223 e. The lowest BCUT2D eigenvalue weighted by Crippen LogP contribution is -2.51. The van der Waals surface area contributed by atoms with Gasteiger partial charge in [0.2, 0.25) is 11.8 Å². The Labute approximate surface area is 172 Å². The summed E-state index contributed by atoms with van der Waals surface area (Å²) >= 11 is 0. The highest BCUT2D eigenvalue weighted by Gasteiger charge is 2.42. The van der Waals surface area contributed by atoms with Crippen LogP contribution in [0.25, 0.3) is 0 Å². The molecule has 3 rings (SSSR count). The first-order valence-electron chi connectivity index (χ1n) is 11.8. The highest BCUT2D eigenvalue weighted by atomic mass is 16.2. The molecule has 0 saturated heterocycles. The summed E-state index contributed by atoms with van der Waals surface area (Å²) in [5, 5.41) is 6.68. The first-order valence-corrected chi connectivity index (χ1v) is 11.8. The molecule has 3 aliphatic carbocycles. The van der Waals surface area contributed by atoms with Crippen molar-refractivity contribution in [2.45, 2.75) is 110 Å². The molecule has 0 unspecified atom stereocenters. The van der Waals surface area contributed by atoms with Gasteiger partial charge in [0.05, 0.1) is 0 Å². The van der Waals surface area contributed by atoms with Gasteiger partial charge < -0.3 is 10.6 Å². The van der Waals surface area contributed by atoms with Gasteiger partial charge in [-0.2, -0.15) is 0 Å². The van der Waals surface area contributed by atoms with Crippen LogP contribution in [-0.2, 0) is 9.59 Å². The van der Waals surface area contributed by atoms with Crippen molar-refractivity contribution in [2.24, 2.45) is 22.7 Å². The topological polar surface area (TPSA) is 58.2 Å². The molecule has 2 N–H and O–H groups in total. The standard InChI is InChI=1S/C24H42N2O2/c1-23(2)14-20(26-22(28)19-12-8-5-9-13-19)15-24(3,16-23)17-25-21(27)18-10-6-4-7-11-18/h18-20H,4-17H2,1-3H3,(H,25,27)(H,26,28)/t20-,24-/m0/s1. The molecule has 0 heterocycles. The number of carbonyl (C=O) groups excluding carboxylic acids is 2. The number of hydrogen-bond acceptors (Lipinski definition) is 2. The van der Waals surface area contributed by atoms with Gasteiger partial charge in [0.15, 0.2) is 0 Å². The second-order valence-electron chi connectivity index (χ2n) is 11.2. The van der Waals surface area contributed by atoms with Crippen molar-refractivity contribution in [3.05, 3.63) is 0 Å². The van der Waals surface area contributed by atoms with E-state index in [9.17, 15) is 9.59 Å². The summed E-state index contributed by atoms with van der Waals surface area (Å²) in [5.41, 5.74) is 0.240. The van der Waals surface area contributed by atoms with E-state index in [0.29, 0.717) is 0 Å². The van der Waals surface area contributed by atoms with E-state index in [1.165, 1.54) is 38.5 Å². The SMILES string of the molecule is CC1(C)C[C@H](NC(=O)C2CCCCC2)C[C@](C)(CNC(=O)C2CCCCC2)C1. The predicted molar refractivity (Wildman–Crippen MR) is 114 cm³/mol. The monoisotopic (exact) mass is 390 g/mol. The van der Waals surface area contributed by atoms with Gasteiger partial charge in [0.25, 0.3) is 0 Å². The summed E-state index contributed by atoms with van der Waals surface area (Å²) in [7, 11) is 0. The van der Waals surface area contributed by atoms with E-state index < -0.39 is 0 Å². The molecule has 4 nitrogen and oxygen atoms in total.